The van der Waals surface area contributed by atoms with E-state index in [4.69, 9.17) is 13.0 Å². The number of halogens is 3. The number of hydrogen-bond acceptors (Lipinski definition) is 4. The molecule has 4 rings (SSSR count). The molecule has 0 atom stereocenters. The first-order valence-electron chi connectivity index (χ1n) is 10.8. The van der Waals surface area contributed by atoms with E-state index in [0.717, 1.165) is 5.25 Å². The van der Waals surface area contributed by atoms with Gasteiger partial charge < -0.3 is 4.55 Å². The van der Waals surface area contributed by atoms with Crippen molar-refractivity contribution >= 4 is 32.8 Å². The van der Waals surface area contributed by atoms with Crippen LogP contribution < -0.4 is 0 Å². The maximum atomic E-state index is 10.7. The summed E-state index contributed by atoms with van der Waals surface area (Å²) in [5.41, 5.74) is -5.65. The highest BCUT2D eigenvalue weighted by molar-refractivity contribution is 8.00. The fraction of sp³-hybridized carbons (Fsp3) is 0.280. The van der Waals surface area contributed by atoms with E-state index in [2.05, 4.69) is 96.7 Å². The van der Waals surface area contributed by atoms with Crippen LogP contribution in [0.4, 0.5) is 13.2 Å². The Kier molecular flexibility index (Phi) is 9.53. The van der Waals surface area contributed by atoms with E-state index in [9.17, 15) is 13.2 Å². The van der Waals surface area contributed by atoms with Gasteiger partial charge in [-0.05, 0) is 61.4 Å². The molecule has 0 amide bonds. The number of alkyl halides is 3. The van der Waals surface area contributed by atoms with Crippen molar-refractivity contribution in [1.82, 2.24) is 0 Å². The predicted octanol–water partition coefficient (Wildman–Crippen LogP) is 7.26. The first kappa shape index (κ1) is 26.7. The van der Waals surface area contributed by atoms with Crippen molar-refractivity contribution in [3.8, 4) is 0 Å². The van der Waals surface area contributed by atoms with Crippen LogP contribution in [0.1, 0.15) is 32.1 Å². The van der Waals surface area contributed by atoms with Crippen LogP contribution in [-0.2, 0) is 21.0 Å². The number of benzene rings is 3. The summed E-state index contributed by atoms with van der Waals surface area (Å²) >= 11 is 2.08. The van der Waals surface area contributed by atoms with Crippen molar-refractivity contribution in [2.24, 2.45) is 0 Å². The maximum absolute atomic E-state index is 10.7. The van der Waals surface area contributed by atoms with Gasteiger partial charge in [0.2, 0.25) is 0 Å². The topological polar surface area (TPSA) is 57.2 Å². The number of thioether (sulfide) groups is 1. The van der Waals surface area contributed by atoms with Crippen molar-refractivity contribution in [2.75, 3.05) is 0 Å². The Labute approximate surface area is 205 Å². The zero-order chi connectivity index (χ0) is 24.6. The van der Waals surface area contributed by atoms with Crippen LogP contribution >= 0.6 is 11.8 Å². The Balaban J connectivity index is 0.000000350. The van der Waals surface area contributed by atoms with Crippen LogP contribution in [0.15, 0.2) is 105 Å². The minimum absolute atomic E-state index is 0.0389. The van der Waals surface area contributed by atoms with E-state index in [0.29, 0.717) is 0 Å². The minimum Gasteiger partial charge on any atom is -0.741 e. The van der Waals surface area contributed by atoms with Gasteiger partial charge in [0, 0.05) is 10.1 Å². The second-order valence-corrected chi connectivity index (χ2v) is 12.5. The SMILES string of the molecule is O=S(=O)([O-])C(F)(F)F.c1ccc([S+](c2ccccc2)c2ccc(SC3CCCCC3)cc2)cc1. The summed E-state index contributed by atoms with van der Waals surface area (Å²) < 4.78 is 58.9. The molecule has 3 nitrogen and oxygen atoms in total. The summed E-state index contributed by atoms with van der Waals surface area (Å²) in [5.74, 6) is 0. The summed E-state index contributed by atoms with van der Waals surface area (Å²) in [6, 6.07) is 31.1. The molecule has 1 aliphatic rings. The molecule has 9 heteroatoms. The predicted molar refractivity (Wildman–Crippen MR) is 130 cm³/mol. The molecular formula is C25H25F3O3S3. The van der Waals surface area contributed by atoms with Crippen LogP contribution in [0.5, 0.6) is 0 Å². The molecule has 0 aromatic heterocycles. The van der Waals surface area contributed by atoms with Gasteiger partial charge in [-0.25, -0.2) is 8.42 Å². The van der Waals surface area contributed by atoms with Gasteiger partial charge in [0.1, 0.15) is 0 Å². The number of rotatable bonds is 5. The fourth-order valence-electron chi connectivity index (χ4n) is 3.55. The molecule has 0 radical (unpaired) electrons. The highest BCUT2D eigenvalue weighted by Crippen LogP contribution is 2.36. The average Bonchev–Trinajstić information content (AvgIpc) is 2.82. The molecule has 0 spiro atoms. The van der Waals surface area contributed by atoms with E-state index in [1.54, 1.807) is 0 Å². The average molecular weight is 527 g/mol. The molecule has 0 aliphatic heterocycles. The van der Waals surface area contributed by atoms with Gasteiger partial charge >= 0.3 is 5.51 Å². The standard InChI is InChI=1S/C24H25S2.CHF3O3S/c1-4-10-20(11-5-1)25-21-16-18-24(19-17-21)26(22-12-6-2-7-13-22)23-14-8-3-9-15-23;2-1(3,4)8(5,6)7/h2-3,6-9,12-20H,1,4-5,10-11H2;(H,5,6,7)/q+1;/p-1. The van der Waals surface area contributed by atoms with Gasteiger partial charge in [-0.3, -0.25) is 0 Å². The van der Waals surface area contributed by atoms with E-state index >= 15 is 0 Å². The molecule has 0 N–H and O–H groups in total. The van der Waals surface area contributed by atoms with Crippen LogP contribution in [0, 0.1) is 0 Å². The lowest BCUT2D eigenvalue weighted by molar-refractivity contribution is -0.0517. The second-order valence-electron chi connectivity index (χ2n) is 7.68. The van der Waals surface area contributed by atoms with Gasteiger partial charge in [0.05, 0.1) is 10.9 Å². The van der Waals surface area contributed by atoms with Crippen molar-refractivity contribution in [3.63, 3.8) is 0 Å². The van der Waals surface area contributed by atoms with E-state index < -0.39 is 15.6 Å². The van der Waals surface area contributed by atoms with Crippen molar-refractivity contribution in [2.45, 2.75) is 62.4 Å². The van der Waals surface area contributed by atoms with E-state index in [1.807, 2.05) is 0 Å². The molecule has 34 heavy (non-hydrogen) atoms. The summed E-state index contributed by atoms with van der Waals surface area (Å²) in [6.07, 6.45) is 6.99. The summed E-state index contributed by atoms with van der Waals surface area (Å²) in [5, 5.41) is 0.816. The van der Waals surface area contributed by atoms with Crippen LogP contribution in [0.25, 0.3) is 0 Å². The zero-order valence-corrected chi connectivity index (χ0v) is 20.7. The molecule has 1 aliphatic carbocycles. The lowest BCUT2D eigenvalue weighted by Crippen LogP contribution is -2.21. The first-order valence-corrected chi connectivity index (χ1v) is 14.3. The van der Waals surface area contributed by atoms with Gasteiger partial charge in [-0.1, -0.05) is 55.7 Å². The smallest absolute Gasteiger partial charge is 0.485 e. The summed E-state index contributed by atoms with van der Waals surface area (Å²) in [6.45, 7) is 0. The molecule has 1 fully saturated rings. The highest BCUT2D eigenvalue weighted by atomic mass is 32.2. The molecule has 3 aromatic carbocycles. The highest BCUT2D eigenvalue weighted by Gasteiger charge is 2.37. The quantitative estimate of drug-likeness (QED) is 0.199. The third-order valence-electron chi connectivity index (χ3n) is 5.16. The van der Waals surface area contributed by atoms with E-state index in [-0.39, 0.29) is 10.9 Å². The van der Waals surface area contributed by atoms with Crippen LogP contribution in [0.2, 0.25) is 0 Å². The third-order valence-corrected chi connectivity index (χ3v) is 9.30. The lowest BCUT2D eigenvalue weighted by Gasteiger charge is -2.20. The third kappa shape index (κ3) is 7.80. The monoisotopic (exact) mass is 526 g/mol. The Morgan fingerprint density at radius 2 is 1.15 bits per heavy atom. The lowest BCUT2D eigenvalue weighted by atomic mass is 10.0. The summed E-state index contributed by atoms with van der Waals surface area (Å²) in [7, 11) is -6.13. The molecule has 1 saturated carbocycles. The Hall–Kier alpha value is -1.94. The minimum atomic E-state index is -6.09. The van der Waals surface area contributed by atoms with Crippen LogP contribution in [-0.4, -0.2) is 23.7 Å². The van der Waals surface area contributed by atoms with Gasteiger partial charge in [0.15, 0.2) is 24.8 Å². The second kappa shape index (κ2) is 12.2. The zero-order valence-electron chi connectivity index (χ0n) is 18.3. The number of hydrogen-bond donors (Lipinski definition) is 0. The van der Waals surface area contributed by atoms with Gasteiger partial charge in [-0.2, -0.15) is 13.2 Å². The maximum Gasteiger partial charge on any atom is 0.485 e. The van der Waals surface area contributed by atoms with Crippen LogP contribution in [0.3, 0.4) is 0 Å². The molecule has 0 unspecified atom stereocenters. The fourth-order valence-corrected chi connectivity index (χ4v) is 6.88. The van der Waals surface area contributed by atoms with Crippen molar-refractivity contribution in [1.29, 1.82) is 0 Å². The van der Waals surface area contributed by atoms with E-state index in [1.165, 1.54) is 51.7 Å². The normalized spacial score (nSPS) is 15.0. The molecule has 0 heterocycles. The summed E-state index contributed by atoms with van der Waals surface area (Å²) in [4.78, 5) is 5.58. The molecule has 0 bridgehead atoms. The Morgan fingerprint density at radius 1 is 0.735 bits per heavy atom. The Morgan fingerprint density at radius 3 is 1.56 bits per heavy atom. The first-order chi connectivity index (χ1) is 16.1. The van der Waals surface area contributed by atoms with Crippen molar-refractivity contribution in [3.05, 3.63) is 84.9 Å². The van der Waals surface area contributed by atoms with Gasteiger partial charge in [0.25, 0.3) is 0 Å². The largest absolute Gasteiger partial charge is 0.741 e. The van der Waals surface area contributed by atoms with Crippen molar-refractivity contribution < 1.29 is 26.1 Å². The van der Waals surface area contributed by atoms with Gasteiger partial charge in [-0.15, -0.1) is 11.8 Å². The Bertz CT molecular complexity index is 1080. The molecule has 0 saturated heterocycles. The molecule has 3 aromatic rings. The molecule has 182 valence electrons. The molecular weight excluding hydrogens is 501 g/mol.